The van der Waals surface area contributed by atoms with Gasteiger partial charge in [0.1, 0.15) is 6.04 Å². The van der Waals surface area contributed by atoms with Crippen LogP contribution >= 0.6 is 11.3 Å². The molecular formula is C15H19N3O4S. The van der Waals surface area contributed by atoms with Crippen LogP contribution in [0.4, 0.5) is 0 Å². The normalized spacial score (nSPS) is 24.8. The Balaban J connectivity index is 1.91. The summed E-state index contributed by atoms with van der Waals surface area (Å²) in [6, 6.07) is 3.24. The van der Waals surface area contributed by atoms with Crippen LogP contribution in [0.1, 0.15) is 17.8 Å². The van der Waals surface area contributed by atoms with E-state index in [1.165, 1.54) is 11.3 Å². The van der Waals surface area contributed by atoms with Crippen molar-refractivity contribution in [1.29, 1.82) is 0 Å². The summed E-state index contributed by atoms with van der Waals surface area (Å²) in [5, 5.41) is 4.66. The summed E-state index contributed by atoms with van der Waals surface area (Å²) in [6.45, 7) is 4.49. The van der Waals surface area contributed by atoms with Gasteiger partial charge in [0.25, 0.3) is 0 Å². The second-order valence-corrected chi connectivity index (χ2v) is 6.21. The van der Waals surface area contributed by atoms with Crippen LogP contribution in [0.3, 0.4) is 0 Å². The Hall–Kier alpha value is -1.93. The van der Waals surface area contributed by atoms with Gasteiger partial charge in [0, 0.05) is 18.0 Å². The summed E-state index contributed by atoms with van der Waals surface area (Å²) in [6.07, 6.45) is 0. The minimum atomic E-state index is -0.946. The highest BCUT2D eigenvalue weighted by molar-refractivity contribution is 7.10. The van der Waals surface area contributed by atoms with E-state index in [1.807, 2.05) is 22.4 Å². The minimum Gasteiger partial charge on any atom is -0.465 e. The number of morpholine rings is 1. The number of thiophene rings is 1. The van der Waals surface area contributed by atoms with Gasteiger partial charge in [-0.05, 0) is 18.4 Å². The van der Waals surface area contributed by atoms with Crippen molar-refractivity contribution >= 4 is 29.2 Å². The second-order valence-electron chi connectivity index (χ2n) is 5.23. The molecule has 8 heteroatoms. The summed E-state index contributed by atoms with van der Waals surface area (Å²) in [7, 11) is 0. The van der Waals surface area contributed by atoms with Crippen LogP contribution < -0.4 is 5.32 Å². The predicted molar refractivity (Wildman–Crippen MR) is 85.2 cm³/mol. The highest BCUT2D eigenvalue weighted by Crippen LogP contribution is 2.33. The lowest BCUT2D eigenvalue weighted by atomic mass is 9.96. The molecule has 3 rings (SSSR count). The van der Waals surface area contributed by atoms with Crippen molar-refractivity contribution in [3.05, 3.63) is 22.4 Å². The highest BCUT2D eigenvalue weighted by Gasteiger charge is 2.42. The first kappa shape index (κ1) is 15.9. The number of guanidine groups is 1. The Kier molecular flexibility index (Phi) is 4.92. The van der Waals surface area contributed by atoms with Crippen molar-refractivity contribution in [1.82, 2.24) is 10.2 Å². The highest BCUT2D eigenvalue weighted by atomic mass is 32.1. The molecule has 0 aromatic carbocycles. The Morgan fingerprint density at radius 2 is 2.30 bits per heavy atom. The van der Waals surface area contributed by atoms with Gasteiger partial charge in [-0.1, -0.05) is 6.07 Å². The fourth-order valence-electron chi connectivity index (χ4n) is 2.66. The Labute approximate surface area is 138 Å². The largest absolute Gasteiger partial charge is 0.465 e. The Morgan fingerprint density at radius 3 is 2.96 bits per heavy atom. The molecule has 2 aliphatic rings. The zero-order valence-electron chi connectivity index (χ0n) is 12.9. The zero-order chi connectivity index (χ0) is 16.2. The number of carbonyl (C=O) groups excluding carboxylic acids is 2. The maximum Gasteiger partial charge on any atom is 0.321 e. The summed E-state index contributed by atoms with van der Waals surface area (Å²) < 4.78 is 10.4. The summed E-state index contributed by atoms with van der Waals surface area (Å²) >= 11 is 1.48. The molecule has 0 aliphatic carbocycles. The van der Waals surface area contributed by atoms with E-state index in [4.69, 9.17) is 9.47 Å². The van der Waals surface area contributed by atoms with Gasteiger partial charge in [-0.15, -0.1) is 11.3 Å². The smallest absolute Gasteiger partial charge is 0.321 e. The molecule has 2 atom stereocenters. The first-order valence-corrected chi connectivity index (χ1v) is 8.50. The lowest BCUT2D eigenvalue weighted by Gasteiger charge is -2.34. The third kappa shape index (κ3) is 3.37. The van der Waals surface area contributed by atoms with Crippen LogP contribution in [-0.2, 0) is 19.1 Å². The molecule has 1 amide bonds. The molecule has 2 unspecified atom stereocenters. The van der Waals surface area contributed by atoms with Crippen molar-refractivity contribution in [2.45, 2.75) is 13.0 Å². The van der Waals surface area contributed by atoms with E-state index in [-0.39, 0.29) is 12.5 Å². The number of aliphatic imine (C=N–C) groups is 1. The number of amides is 1. The number of hydrogen-bond acceptors (Lipinski definition) is 7. The molecule has 23 heavy (non-hydrogen) atoms. The molecule has 0 radical (unpaired) electrons. The number of rotatable bonds is 3. The van der Waals surface area contributed by atoms with Crippen molar-refractivity contribution < 1.29 is 19.1 Å². The summed E-state index contributed by atoms with van der Waals surface area (Å²) in [5.41, 5.74) is 0. The fourth-order valence-corrected chi connectivity index (χ4v) is 3.46. The number of nitrogens with zero attached hydrogens (tertiary/aromatic N) is 2. The van der Waals surface area contributed by atoms with Gasteiger partial charge in [-0.2, -0.15) is 0 Å². The molecule has 1 saturated heterocycles. The minimum absolute atomic E-state index is 0.236. The van der Waals surface area contributed by atoms with Crippen LogP contribution in [0.15, 0.2) is 22.5 Å². The molecule has 0 bridgehead atoms. The predicted octanol–water partition coefficient (Wildman–Crippen LogP) is 0.787. The maximum atomic E-state index is 12.5. The Bertz CT molecular complexity index is 596. The zero-order valence-corrected chi connectivity index (χ0v) is 13.7. The molecule has 124 valence electrons. The monoisotopic (exact) mass is 337 g/mol. The van der Waals surface area contributed by atoms with Crippen LogP contribution in [0.5, 0.6) is 0 Å². The summed E-state index contributed by atoms with van der Waals surface area (Å²) in [5.74, 6) is -1.33. The SMILES string of the molecule is CCOC(=O)C1C(=O)NC(N2CCOCC2)=NC1c1cccs1. The molecule has 0 spiro atoms. The Morgan fingerprint density at radius 1 is 1.52 bits per heavy atom. The van der Waals surface area contributed by atoms with Gasteiger partial charge in [-0.3, -0.25) is 14.9 Å². The summed E-state index contributed by atoms with van der Waals surface area (Å²) in [4.78, 5) is 32.2. The van der Waals surface area contributed by atoms with Crippen molar-refractivity contribution in [3.8, 4) is 0 Å². The van der Waals surface area contributed by atoms with E-state index in [1.54, 1.807) is 6.92 Å². The van der Waals surface area contributed by atoms with Gasteiger partial charge in [-0.25, -0.2) is 4.99 Å². The van der Waals surface area contributed by atoms with E-state index in [0.717, 1.165) is 4.88 Å². The van der Waals surface area contributed by atoms with Crippen LogP contribution in [0.25, 0.3) is 0 Å². The topological polar surface area (TPSA) is 80.2 Å². The van der Waals surface area contributed by atoms with E-state index >= 15 is 0 Å². The molecular weight excluding hydrogens is 318 g/mol. The fraction of sp³-hybridized carbons (Fsp3) is 0.533. The number of esters is 1. The first-order chi connectivity index (χ1) is 11.2. The van der Waals surface area contributed by atoms with Crippen molar-refractivity contribution in [3.63, 3.8) is 0 Å². The lowest BCUT2D eigenvalue weighted by molar-refractivity contribution is -0.153. The van der Waals surface area contributed by atoms with Gasteiger partial charge in [0.15, 0.2) is 5.92 Å². The van der Waals surface area contributed by atoms with E-state index < -0.39 is 17.9 Å². The lowest BCUT2D eigenvalue weighted by Crippen LogP contribution is -2.55. The van der Waals surface area contributed by atoms with Crippen molar-refractivity contribution in [2.75, 3.05) is 32.9 Å². The molecule has 7 nitrogen and oxygen atoms in total. The number of hydrogen-bond donors (Lipinski definition) is 1. The molecule has 1 fully saturated rings. The third-order valence-electron chi connectivity index (χ3n) is 3.78. The molecule has 3 heterocycles. The second kappa shape index (κ2) is 7.10. The average molecular weight is 337 g/mol. The van der Waals surface area contributed by atoms with Crippen LogP contribution in [-0.4, -0.2) is 55.6 Å². The van der Waals surface area contributed by atoms with E-state index in [0.29, 0.717) is 32.3 Å². The number of nitrogens with one attached hydrogen (secondary N) is 1. The average Bonchev–Trinajstić information content (AvgIpc) is 3.09. The van der Waals surface area contributed by atoms with Gasteiger partial charge >= 0.3 is 5.97 Å². The molecule has 1 aromatic heterocycles. The molecule has 1 aromatic rings. The van der Waals surface area contributed by atoms with Gasteiger partial charge in [0.2, 0.25) is 11.9 Å². The molecule has 0 saturated carbocycles. The molecule has 2 aliphatic heterocycles. The van der Waals surface area contributed by atoms with Crippen LogP contribution in [0.2, 0.25) is 0 Å². The number of carbonyl (C=O) groups is 2. The molecule has 1 N–H and O–H groups in total. The quantitative estimate of drug-likeness (QED) is 0.651. The van der Waals surface area contributed by atoms with E-state index in [2.05, 4.69) is 10.3 Å². The van der Waals surface area contributed by atoms with Crippen molar-refractivity contribution in [2.24, 2.45) is 10.9 Å². The van der Waals surface area contributed by atoms with Gasteiger partial charge < -0.3 is 14.4 Å². The maximum absolute atomic E-state index is 12.5. The first-order valence-electron chi connectivity index (χ1n) is 7.62. The van der Waals surface area contributed by atoms with E-state index in [9.17, 15) is 9.59 Å². The standard InChI is InChI=1S/C15H19N3O4S/c1-2-22-14(20)11-12(10-4-3-9-23-10)16-15(17-13(11)19)18-5-7-21-8-6-18/h3-4,9,11-12H,2,5-8H2,1H3,(H,16,17,19). The van der Waals surface area contributed by atoms with Crippen LogP contribution in [0, 0.1) is 5.92 Å². The number of ether oxygens (including phenoxy) is 2. The third-order valence-corrected chi connectivity index (χ3v) is 4.72. The van der Waals surface area contributed by atoms with Gasteiger partial charge in [0.05, 0.1) is 19.8 Å².